The van der Waals surface area contributed by atoms with Crippen LogP contribution in [0.25, 0.3) is 0 Å². The largest absolute Gasteiger partial charge is 0.433 e. The minimum absolute atomic E-state index is 0.0390. The first kappa shape index (κ1) is 13.2. The fourth-order valence-corrected chi connectivity index (χ4v) is 1.60. The third-order valence-corrected chi connectivity index (χ3v) is 2.53. The predicted molar refractivity (Wildman–Crippen MR) is 67.1 cm³/mol. The van der Waals surface area contributed by atoms with Gasteiger partial charge in [-0.25, -0.2) is 4.98 Å². The Balaban J connectivity index is 1.99. The van der Waals surface area contributed by atoms with Gasteiger partial charge in [-0.3, -0.25) is 4.98 Å². The average Bonchev–Trinajstić information content (AvgIpc) is 2.41. The van der Waals surface area contributed by atoms with Crippen molar-refractivity contribution in [2.24, 2.45) is 0 Å². The molecule has 4 nitrogen and oxygen atoms in total. The van der Waals surface area contributed by atoms with E-state index in [1.54, 1.807) is 18.5 Å². The molecule has 0 radical (unpaired) electrons. The molecular formula is C13H13F2N3O. The molecule has 2 aromatic heterocycles. The molecule has 1 atom stereocenters. The van der Waals surface area contributed by atoms with Crippen molar-refractivity contribution >= 4 is 5.82 Å². The number of ether oxygens (including phenoxy) is 1. The Hall–Kier alpha value is -2.24. The van der Waals surface area contributed by atoms with Crippen molar-refractivity contribution < 1.29 is 13.5 Å². The van der Waals surface area contributed by atoms with Gasteiger partial charge in [0, 0.05) is 12.4 Å². The van der Waals surface area contributed by atoms with Gasteiger partial charge < -0.3 is 10.1 Å². The topological polar surface area (TPSA) is 47.0 Å². The number of nitrogens with one attached hydrogen (secondary N) is 1. The lowest BCUT2D eigenvalue weighted by Crippen LogP contribution is -2.08. The normalized spacial score (nSPS) is 12.2. The minimum Gasteiger partial charge on any atom is -0.433 e. The maximum atomic E-state index is 12.0. The highest BCUT2D eigenvalue weighted by Gasteiger charge is 2.07. The lowest BCUT2D eigenvalue weighted by atomic mass is 10.1. The van der Waals surface area contributed by atoms with Crippen molar-refractivity contribution in [2.75, 3.05) is 5.32 Å². The number of pyridine rings is 2. The number of aromatic nitrogens is 2. The van der Waals surface area contributed by atoms with E-state index in [0.717, 1.165) is 5.56 Å². The van der Waals surface area contributed by atoms with Crippen molar-refractivity contribution in [2.45, 2.75) is 19.6 Å². The Morgan fingerprint density at radius 3 is 2.47 bits per heavy atom. The Bertz CT molecular complexity index is 505. The van der Waals surface area contributed by atoms with Crippen LogP contribution in [0, 0.1) is 0 Å². The second-order valence-electron chi connectivity index (χ2n) is 3.90. The SMILES string of the molecule is CC(Nc1ccc(OC(F)F)cn1)c1ccncc1. The second-order valence-corrected chi connectivity index (χ2v) is 3.90. The number of hydrogen-bond acceptors (Lipinski definition) is 4. The van der Waals surface area contributed by atoms with Gasteiger partial charge in [0.25, 0.3) is 0 Å². The predicted octanol–water partition coefficient (Wildman–Crippen LogP) is 3.25. The fourth-order valence-electron chi connectivity index (χ4n) is 1.60. The molecule has 1 N–H and O–H groups in total. The molecule has 0 bridgehead atoms. The molecule has 0 spiro atoms. The number of anilines is 1. The molecule has 0 aliphatic heterocycles. The highest BCUT2D eigenvalue weighted by atomic mass is 19.3. The summed E-state index contributed by atoms with van der Waals surface area (Å²) in [5.41, 5.74) is 1.06. The van der Waals surface area contributed by atoms with Gasteiger partial charge in [0.05, 0.1) is 12.2 Å². The summed E-state index contributed by atoms with van der Waals surface area (Å²) >= 11 is 0. The molecule has 6 heteroatoms. The molecule has 2 aromatic rings. The van der Waals surface area contributed by atoms with E-state index in [-0.39, 0.29) is 11.8 Å². The summed E-state index contributed by atoms with van der Waals surface area (Å²) in [5.74, 6) is 0.628. The molecule has 1 unspecified atom stereocenters. The van der Waals surface area contributed by atoms with Gasteiger partial charge in [-0.1, -0.05) is 0 Å². The van der Waals surface area contributed by atoms with E-state index in [4.69, 9.17) is 0 Å². The smallest absolute Gasteiger partial charge is 0.387 e. The molecule has 2 heterocycles. The Labute approximate surface area is 109 Å². The van der Waals surface area contributed by atoms with Crippen molar-refractivity contribution in [3.05, 3.63) is 48.4 Å². The van der Waals surface area contributed by atoms with Crippen LogP contribution in [-0.4, -0.2) is 16.6 Å². The molecule has 0 amide bonds. The van der Waals surface area contributed by atoms with E-state index >= 15 is 0 Å². The van der Waals surface area contributed by atoms with E-state index in [1.807, 2.05) is 19.1 Å². The van der Waals surface area contributed by atoms with Gasteiger partial charge in [-0.05, 0) is 36.8 Å². The van der Waals surface area contributed by atoms with Crippen LogP contribution in [-0.2, 0) is 0 Å². The second kappa shape index (κ2) is 6.08. The van der Waals surface area contributed by atoms with Crippen molar-refractivity contribution in [3.63, 3.8) is 0 Å². The molecule has 0 fully saturated rings. The summed E-state index contributed by atoms with van der Waals surface area (Å²) in [6.07, 6.45) is 4.68. The first-order chi connectivity index (χ1) is 9.15. The highest BCUT2D eigenvalue weighted by Crippen LogP contribution is 2.19. The number of halogens is 2. The van der Waals surface area contributed by atoms with Crippen molar-refractivity contribution in [1.82, 2.24) is 9.97 Å². The number of nitrogens with zero attached hydrogens (tertiary/aromatic N) is 2. The lowest BCUT2D eigenvalue weighted by molar-refractivity contribution is -0.0500. The number of alkyl halides is 2. The number of hydrogen-bond donors (Lipinski definition) is 1. The van der Waals surface area contributed by atoms with E-state index in [2.05, 4.69) is 20.0 Å². The van der Waals surface area contributed by atoms with Crippen LogP contribution in [0.1, 0.15) is 18.5 Å². The Kier molecular flexibility index (Phi) is 4.22. The maximum absolute atomic E-state index is 12.0. The molecular weight excluding hydrogens is 252 g/mol. The van der Waals surface area contributed by atoms with E-state index in [9.17, 15) is 8.78 Å². The van der Waals surface area contributed by atoms with Crippen LogP contribution in [0.3, 0.4) is 0 Å². The van der Waals surface area contributed by atoms with Crippen LogP contribution in [0.15, 0.2) is 42.9 Å². The summed E-state index contributed by atoms with van der Waals surface area (Å²) in [4.78, 5) is 7.96. The molecule has 0 aromatic carbocycles. The first-order valence-electron chi connectivity index (χ1n) is 5.72. The van der Waals surface area contributed by atoms with Crippen LogP contribution < -0.4 is 10.1 Å². The summed E-state index contributed by atoms with van der Waals surface area (Å²) in [5, 5.41) is 3.16. The standard InChI is InChI=1S/C13H13F2N3O/c1-9(10-4-6-16-7-5-10)18-12-3-2-11(8-17-12)19-13(14)15/h2-9,13H,1H3,(H,17,18). The van der Waals surface area contributed by atoms with Gasteiger partial charge in [-0.2, -0.15) is 8.78 Å². The maximum Gasteiger partial charge on any atom is 0.387 e. The first-order valence-corrected chi connectivity index (χ1v) is 5.72. The third kappa shape index (κ3) is 3.87. The van der Waals surface area contributed by atoms with Crippen LogP contribution in [0.2, 0.25) is 0 Å². The van der Waals surface area contributed by atoms with Crippen molar-refractivity contribution in [1.29, 1.82) is 0 Å². The van der Waals surface area contributed by atoms with Gasteiger partial charge in [0.15, 0.2) is 0 Å². The molecule has 0 saturated heterocycles. The van der Waals surface area contributed by atoms with Crippen LogP contribution in [0.5, 0.6) is 5.75 Å². The van der Waals surface area contributed by atoms with Gasteiger partial charge in [0.2, 0.25) is 0 Å². The Morgan fingerprint density at radius 1 is 1.16 bits per heavy atom. The summed E-state index contributed by atoms with van der Waals surface area (Å²) in [7, 11) is 0. The summed E-state index contributed by atoms with van der Waals surface area (Å²) in [6.45, 7) is -0.864. The zero-order valence-electron chi connectivity index (χ0n) is 10.3. The molecule has 0 aliphatic carbocycles. The number of rotatable bonds is 5. The van der Waals surface area contributed by atoms with Gasteiger partial charge in [0.1, 0.15) is 11.6 Å². The van der Waals surface area contributed by atoms with Crippen molar-refractivity contribution in [3.8, 4) is 5.75 Å². The van der Waals surface area contributed by atoms with Gasteiger partial charge in [-0.15, -0.1) is 0 Å². The van der Waals surface area contributed by atoms with Crippen LogP contribution >= 0.6 is 0 Å². The summed E-state index contributed by atoms with van der Waals surface area (Å²) < 4.78 is 28.2. The monoisotopic (exact) mass is 265 g/mol. The molecule has 100 valence electrons. The van der Waals surface area contributed by atoms with E-state index < -0.39 is 6.61 Å². The third-order valence-electron chi connectivity index (χ3n) is 2.53. The van der Waals surface area contributed by atoms with Crippen LogP contribution in [0.4, 0.5) is 14.6 Å². The fraction of sp³-hybridized carbons (Fsp3) is 0.231. The highest BCUT2D eigenvalue weighted by molar-refractivity contribution is 5.40. The van der Waals surface area contributed by atoms with E-state index in [0.29, 0.717) is 5.82 Å². The summed E-state index contributed by atoms with van der Waals surface area (Å²) in [6, 6.07) is 6.87. The van der Waals surface area contributed by atoms with Gasteiger partial charge >= 0.3 is 6.61 Å². The zero-order valence-corrected chi connectivity index (χ0v) is 10.3. The lowest BCUT2D eigenvalue weighted by Gasteiger charge is -2.14. The zero-order chi connectivity index (χ0) is 13.7. The average molecular weight is 265 g/mol. The Morgan fingerprint density at radius 2 is 1.89 bits per heavy atom. The quantitative estimate of drug-likeness (QED) is 0.901. The molecule has 2 rings (SSSR count). The molecule has 19 heavy (non-hydrogen) atoms. The molecule has 0 saturated carbocycles. The molecule has 0 aliphatic rings. The van der Waals surface area contributed by atoms with E-state index in [1.165, 1.54) is 12.3 Å². The minimum atomic E-state index is -2.84.